The average Bonchev–Trinajstić information content (AvgIpc) is 3.51. The van der Waals surface area contributed by atoms with Crippen LogP contribution in [-0.4, -0.2) is 95.9 Å². The zero-order chi connectivity index (χ0) is 62.4. The van der Waals surface area contributed by atoms with Crippen molar-refractivity contribution in [2.75, 3.05) is 39.6 Å². The zero-order valence-corrected chi connectivity index (χ0v) is 53.8. The van der Waals surface area contributed by atoms with Gasteiger partial charge in [-0.05, 0) is 122 Å². The Bertz CT molecular complexity index is 2090. The van der Waals surface area contributed by atoms with Gasteiger partial charge < -0.3 is 34.2 Å². The maximum Gasteiger partial charge on any atom is 0.472 e. The Morgan fingerprint density at radius 1 is 0.341 bits per heavy atom. The molecule has 0 heterocycles. The molecule has 0 aromatic rings. The number of rotatable bonds is 58. The van der Waals surface area contributed by atoms with E-state index in [0.717, 1.165) is 148 Å². The summed E-state index contributed by atoms with van der Waals surface area (Å²) in [6, 6.07) is 0. The predicted molar refractivity (Wildman–Crippen MR) is 343 cm³/mol. The molecule has 0 fully saturated rings. The van der Waals surface area contributed by atoms with Gasteiger partial charge in [-0.2, -0.15) is 0 Å². The van der Waals surface area contributed by atoms with E-state index < -0.39 is 91.5 Å². The van der Waals surface area contributed by atoms with E-state index in [-0.39, 0.29) is 19.3 Å². The summed E-state index contributed by atoms with van der Waals surface area (Å²) < 4.78 is 60.6. The molecule has 5 unspecified atom stereocenters. The van der Waals surface area contributed by atoms with Gasteiger partial charge in [0, 0.05) is 19.3 Å². The van der Waals surface area contributed by atoms with E-state index >= 15 is 0 Å². The van der Waals surface area contributed by atoms with Crippen LogP contribution in [-0.2, 0) is 55.8 Å². The molecule has 0 aliphatic heterocycles. The molecule has 0 aromatic carbocycles. The normalized spacial score (nSPS) is 15.2. The first-order valence-electron chi connectivity index (χ1n) is 31.5. The van der Waals surface area contributed by atoms with E-state index in [4.69, 9.17) is 32.3 Å². The van der Waals surface area contributed by atoms with Gasteiger partial charge in [-0.25, -0.2) is 9.13 Å². The molecule has 0 spiro atoms. The molecule has 0 amide bonds. The van der Waals surface area contributed by atoms with Crippen LogP contribution in [0.5, 0.6) is 0 Å². The lowest BCUT2D eigenvalue weighted by atomic mass is 10.1. The highest BCUT2D eigenvalue weighted by Crippen LogP contribution is 2.45. The number of aliphatic hydroxyl groups is 2. The van der Waals surface area contributed by atoms with Gasteiger partial charge in [-0.3, -0.25) is 32.5 Å². The van der Waals surface area contributed by atoms with Crippen LogP contribution in [0.4, 0.5) is 0 Å². The van der Waals surface area contributed by atoms with E-state index in [2.05, 4.69) is 142 Å². The highest BCUT2D eigenvalue weighted by atomic mass is 31.2. The molecule has 0 saturated heterocycles. The molecule has 0 aromatic heterocycles. The van der Waals surface area contributed by atoms with Crippen LogP contribution in [0.25, 0.3) is 0 Å². The van der Waals surface area contributed by atoms with Crippen LogP contribution in [0.15, 0.2) is 134 Å². The Kier molecular flexibility index (Phi) is 57.0. The number of hydrogen-bond donors (Lipinski definition) is 4. The van der Waals surface area contributed by atoms with Gasteiger partial charge in [0.2, 0.25) is 0 Å². The third-order valence-corrected chi connectivity index (χ3v) is 14.2. The Hall–Kier alpha value is -4.31. The summed E-state index contributed by atoms with van der Waals surface area (Å²) in [6.07, 6.45) is 68.1. The number of phosphoric acid groups is 2. The van der Waals surface area contributed by atoms with E-state index in [1.165, 1.54) is 0 Å². The Labute approximate surface area is 512 Å². The predicted octanol–water partition coefficient (Wildman–Crippen LogP) is 16.9. The number of unbranched alkanes of at least 4 members (excludes halogenated alkanes) is 13. The molecular weight excluding hydrogens is 1120 g/mol. The summed E-state index contributed by atoms with van der Waals surface area (Å²) in [5, 5.41) is 20.5. The second-order valence-electron chi connectivity index (χ2n) is 20.4. The van der Waals surface area contributed by atoms with Crippen molar-refractivity contribution in [3.05, 3.63) is 134 Å². The molecule has 4 N–H and O–H groups in total. The monoisotopic (exact) mass is 1230 g/mol. The second-order valence-corrected chi connectivity index (χ2v) is 23.3. The van der Waals surface area contributed by atoms with Gasteiger partial charge in [0.25, 0.3) is 0 Å². The van der Waals surface area contributed by atoms with Crippen LogP contribution in [0, 0.1) is 0 Å². The Morgan fingerprint density at radius 3 is 1.04 bits per heavy atom. The van der Waals surface area contributed by atoms with Gasteiger partial charge in [-0.15, -0.1) is 0 Å². The van der Waals surface area contributed by atoms with Gasteiger partial charge in [-0.1, -0.05) is 206 Å². The Balaban J connectivity index is 4.74. The molecule has 0 aliphatic carbocycles. The minimum absolute atomic E-state index is 0.0713. The Morgan fingerprint density at radius 2 is 0.635 bits per heavy atom. The van der Waals surface area contributed by atoms with Gasteiger partial charge >= 0.3 is 33.6 Å². The largest absolute Gasteiger partial charge is 0.472 e. The quantitative estimate of drug-likeness (QED) is 0.0146. The molecule has 18 heteroatoms. The van der Waals surface area contributed by atoms with E-state index in [1.807, 2.05) is 12.2 Å². The third kappa shape index (κ3) is 61.1. The zero-order valence-electron chi connectivity index (χ0n) is 52.0. The summed E-state index contributed by atoms with van der Waals surface area (Å²) in [6.45, 7) is 2.23. The van der Waals surface area contributed by atoms with Crippen molar-refractivity contribution in [1.82, 2.24) is 0 Å². The van der Waals surface area contributed by atoms with Crippen molar-refractivity contribution in [2.45, 2.75) is 232 Å². The number of phosphoric ester groups is 2. The summed E-state index contributed by atoms with van der Waals surface area (Å²) in [5.41, 5.74) is 0. The number of aliphatic hydroxyl groups excluding tert-OH is 2. The van der Waals surface area contributed by atoms with Crippen molar-refractivity contribution in [3.63, 3.8) is 0 Å². The number of carbonyl (C=O) groups excluding carboxylic acids is 3. The molecular formula is C67H110O16P2. The summed E-state index contributed by atoms with van der Waals surface area (Å²) in [5.74, 6) is -1.69. The maximum atomic E-state index is 12.9. The average molecular weight is 1230 g/mol. The van der Waals surface area contributed by atoms with Gasteiger partial charge in [0.05, 0.1) is 26.4 Å². The summed E-state index contributed by atoms with van der Waals surface area (Å²) in [4.78, 5) is 58.2. The molecule has 5 atom stereocenters. The van der Waals surface area contributed by atoms with Crippen molar-refractivity contribution >= 4 is 33.6 Å². The molecule has 16 nitrogen and oxygen atoms in total. The van der Waals surface area contributed by atoms with Crippen LogP contribution in [0.2, 0.25) is 0 Å². The van der Waals surface area contributed by atoms with Crippen LogP contribution in [0.3, 0.4) is 0 Å². The first kappa shape index (κ1) is 80.7. The first-order valence-corrected chi connectivity index (χ1v) is 34.5. The molecule has 484 valence electrons. The maximum absolute atomic E-state index is 12.9. The van der Waals surface area contributed by atoms with Crippen LogP contribution >= 0.6 is 15.6 Å². The molecule has 0 rings (SSSR count). The van der Waals surface area contributed by atoms with Crippen molar-refractivity contribution in [1.29, 1.82) is 0 Å². The number of ether oxygens (including phenoxy) is 3. The van der Waals surface area contributed by atoms with Crippen LogP contribution < -0.4 is 0 Å². The number of carbonyl (C=O) groups is 3. The minimum atomic E-state index is -4.94. The van der Waals surface area contributed by atoms with Crippen molar-refractivity contribution in [3.8, 4) is 0 Å². The van der Waals surface area contributed by atoms with Crippen LogP contribution in [0.1, 0.15) is 213 Å². The van der Waals surface area contributed by atoms with Gasteiger partial charge in [0.1, 0.15) is 25.4 Å². The van der Waals surface area contributed by atoms with E-state index in [0.29, 0.717) is 25.7 Å². The fourth-order valence-corrected chi connectivity index (χ4v) is 9.16. The highest BCUT2D eigenvalue weighted by molar-refractivity contribution is 7.47. The SMILES string of the molecule is CC/C=C\C/C=C\C/C=C\C/C=C\C/C=C\CCCC(=O)OCC(COP(=O)(O)OCC(O)COP(=O)(O)OCC(O)COC(=O)CCCCCCCC/C=C\C/C=C\C/C=C\C/C=C\CC)OC(=O)CCCCCCC/C=C\C/C=C\CCC. The molecule has 85 heavy (non-hydrogen) atoms. The number of allylic oxidation sites excluding steroid dienone is 22. The minimum Gasteiger partial charge on any atom is -0.463 e. The molecule has 0 aliphatic rings. The number of esters is 3. The molecule has 0 saturated carbocycles. The van der Waals surface area contributed by atoms with Crippen molar-refractivity contribution in [2.24, 2.45) is 0 Å². The number of hydrogen-bond acceptors (Lipinski definition) is 14. The molecule has 0 bridgehead atoms. The first-order chi connectivity index (χ1) is 41.2. The third-order valence-electron chi connectivity index (χ3n) is 12.3. The second kappa shape index (κ2) is 60.0. The lowest BCUT2D eigenvalue weighted by molar-refractivity contribution is -0.161. The summed E-state index contributed by atoms with van der Waals surface area (Å²) in [7, 11) is -9.80. The lowest BCUT2D eigenvalue weighted by Gasteiger charge is -2.21. The van der Waals surface area contributed by atoms with E-state index in [9.17, 15) is 43.5 Å². The molecule has 0 radical (unpaired) electrons. The van der Waals surface area contributed by atoms with Crippen molar-refractivity contribution < 1.29 is 75.8 Å². The lowest BCUT2D eigenvalue weighted by Crippen LogP contribution is -2.30. The smallest absolute Gasteiger partial charge is 0.463 e. The topological polar surface area (TPSA) is 231 Å². The van der Waals surface area contributed by atoms with Gasteiger partial charge in [0.15, 0.2) is 6.10 Å². The standard InChI is InChI=1S/C67H110O16P2/c1-4-7-10-13-16-19-22-25-27-29-30-32-34-36-38-41-44-47-50-53-65(70)77-56-62(68)57-79-84(73,74)80-58-63(69)59-81-85(75,76)82-61-64(83-67(72)55-52-49-46-43-40-35-24-21-18-15-12-9-6-3)60-78-66(71)54-51-48-45-42-39-37-33-31-28-26-23-20-17-14-11-8-5-2/h7-8,10-12,15-17,19-21,24-28,30,32-33,37,42,45,62-64,68-69H,4-6,9,13-14,18,22-23,29,31,34-36,38-41,43-44,46-61H2,1-3H3,(H,73,74)(H,75,76)/b10-7-,11-8-,15-12-,19-16-,20-17-,24-21-,27-25-,28-26-,32-30-,37-33-,45-42-. The fourth-order valence-electron chi connectivity index (χ4n) is 7.57. The highest BCUT2D eigenvalue weighted by Gasteiger charge is 2.29. The fraction of sp³-hybridized carbons (Fsp3) is 0.627. The summed E-state index contributed by atoms with van der Waals surface area (Å²) >= 11 is 0. The van der Waals surface area contributed by atoms with E-state index in [1.54, 1.807) is 0 Å².